The van der Waals surface area contributed by atoms with Crippen molar-refractivity contribution in [3.8, 4) is 17.1 Å². The maximum Gasteiger partial charge on any atom is 0.307 e. The summed E-state index contributed by atoms with van der Waals surface area (Å²) in [7, 11) is 0. The van der Waals surface area contributed by atoms with Crippen molar-refractivity contribution in [1.82, 2.24) is 9.97 Å². The molecule has 0 unspecified atom stereocenters. The standard InChI is InChI=1S/C26H26ClN3O3/c1-3-5-6-7-8-9-18-10-12-19(13-11-18)20-16-22-23(17-21(20)27)30-26(29-22)33-24(28-4-2)14-15-25(31)32/h4-8,10-14,16-17H,3,9,15H2,1-2H3,(H,29,30)(H,31,32)/b6-5-,8-7-,24-14+,28-4-. The third-order valence-electron chi connectivity index (χ3n) is 4.70. The molecule has 0 fully saturated rings. The molecule has 0 spiro atoms. The molecule has 0 amide bonds. The van der Waals surface area contributed by atoms with Crippen LogP contribution in [0.4, 0.5) is 0 Å². The summed E-state index contributed by atoms with van der Waals surface area (Å²) in [6, 6.07) is 12.2. The Morgan fingerprint density at radius 2 is 1.97 bits per heavy atom. The molecule has 0 saturated heterocycles. The minimum atomic E-state index is -0.973. The number of hydrogen-bond donors (Lipinski definition) is 2. The molecule has 0 aliphatic heterocycles. The quantitative estimate of drug-likeness (QED) is 0.198. The number of aromatic nitrogens is 2. The number of carbonyl (C=O) groups is 1. The fourth-order valence-electron chi connectivity index (χ4n) is 3.12. The number of imidazole rings is 1. The minimum Gasteiger partial charge on any atom is -0.481 e. The summed E-state index contributed by atoms with van der Waals surface area (Å²) in [5.74, 6) is -0.820. The number of nitrogens with one attached hydrogen (secondary N) is 1. The van der Waals surface area contributed by atoms with Crippen molar-refractivity contribution in [2.24, 2.45) is 4.99 Å². The van der Waals surface area contributed by atoms with Crippen molar-refractivity contribution in [1.29, 1.82) is 0 Å². The molecule has 0 aliphatic rings. The van der Waals surface area contributed by atoms with Crippen LogP contribution in [0.5, 0.6) is 6.01 Å². The highest BCUT2D eigenvalue weighted by Crippen LogP contribution is 2.32. The average Bonchev–Trinajstić information content (AvgIpc) is 3.18. The van der Waals surface area contributed by atoms with Crippen LogP contribution < -0.4 is 4.74 Å². The number of halogens is 1. The first kappa shape index (κ1) is 24.0. The maximum atomic E-state index is 10.8. The van der Waals surface area contributed by atoms with Crippen LogP contribution >= 0.6 is 11.6 Å². The Morgan fingerprint density at radius 3 is 2.67 bits per heavy atom. The van der Waals surface area contributed by atoms with E-state index < -0.39 is 5.97 Å². The van der Waals surface area contributed by atoms with Crippen molar-refractivity contribution in [3.05, 3.63) is 83.2 Å². The molecule has 0 atom stereocenters. The number of ether oxygens (including phenoxy) is 1. The van der Waals surface area contributed by atoms with Gasteiger partial charge in [0, 0.05) is 11.8 Å². The van der Waals surface area contributed by atoms with Gasteiger partial charge in [-0.15, -0.1) is 0 Å². The second kappa shape index (κ2) is 11.8. The summed E-state index contributed by atoms with van der Waals surface area (Å²) in [6.07, 6.45) is 13.0. The van der Waals surface area contributed by atoms with Gasteiger partial charge in [-0.2, -0.15) is 4.98 Å². The first-order valence-electron chi connectivity index (χ1n) is 10.7. The van der Waals surface area contributed by atoms with Gasteiger partial charge < -0.3 is 14.8 Å². The number of H-pyrrole nitrogens is 1. The molecule has 2 aromatic carbocycles. The lowest BCUT2D eigenvalue weighted by molar-refractivity contribution is -0.136. The van der Waals surface area contributed by atoms with E-state index in [2.05, 4.69) is 58.3 Å². The number of aliphatic carboxylic acids is 1. The van der Waals surface area contributed by atoms with Gasteiger partial charge >= 0.3 is 12.0 Å². The van der Waals surface area contributed by atoms with Crippen LogP contribution in [0, 0.1) is 0 Å². The third kappa shape index (κ3) is 6.92. The van der Waals surface area contributed by atoms with Gasteiger partial charge in [-0.3, -0.25) is 4.79 Å². The first-order valence-corrected chi connectivity index (χ1v) is 11.1. The molecular weight excluding hydrogens is 438 g/mol. The lowest BCUT2D eigenvalue weighted by Crippen LogP contribution is -1.98. The van der Waals surface area contributed by atoms with Crippen molar-refractivity contribution in [2.75, 3.05) is 0 Å². The molecule has 0 radical (unpaired) electrons. The highest BCUT2D eigenvalue weighted by atomic mass is 35.5. The maximum absolute atomic E-state index is 10.8. The molecule has 0 aliphatic carbocycles. The number of carboxylic acid groups (broad SMARTS) is 1. The van der Waals surface area contributed by atoms with Crippen LogP contribution in [0.2, 0.25) is 5.02 Å². The van der Waals surface area contributed by atoms with Gasteiger partial charge in [-0.25, -0.2) is 4.99 Å². The summed E-state index contributed by atoms with van der Waals surface area (Å²) in [5.41, 5.74) is 4.45. The van der Waals surface area contributed by atoms with Gasteiger partial charge in [-0.05, 0) is 49.1 Å². The van der Waals surface area contributed by atoms with Gasteiger partial charge in [-0.1, -0.05) is 67.1 Å². The van der Waals surface area contributed by atoms with Crippen LogP contribution in [0.25, 0.3) is 22.2 Å². The average molecular weight is 464 g/mol. The van der Waals surface area contributed by atoms with Gasteiger partial charge in [0.15, 0.2) is 0 Å². The topological polar surface area (TPSA) is 87.6 Å². The minimum absolute atomic E-state index is 0.153. The van der Waals surface area contributed by atoms with Crippen LogP contribution in [0.15, 0.2) is 77.7 Å². The number of aliphatic imine (C=N–C) groups is 1. The van der Waals surface area contributed by atoms with E-state index >= 15 is 0 Å². The predicted molar refractivity (Wildman–Crippen MR) is 134 cm³/mol. The van der Waals surface area contributed by atoms with Crippen molar-refractivity contribution in [3.63, 3.8) is 0 Å². The van der Waals surface area contributed by atoms with Crippen molar-refractivity contribution < 1.29 is 14.6 Å². The van der Waals surface area contributed by atoms with Crippen LogP contribution in [0.1, 0.15) is 32.3 Å². The van der Waals surface area contributed by atoms with Gasteiger partial charge in [0.05, 0.1) is 22.5 Å². The number of hydrogen-bond acceptors (Lipinski definition) is 4. The van der Waals surface area contributed by atoms with Gasteiger partial charge in [0.1, 0.15) is 0 Å². The van der Waals surface area contributed by atoms with E-state index in [0.717, 1.165) is 24.0 Å². The number of carboxylic acids is 1. The van der Waals surface area contributed by atoms with E-state index in [4.69, 9.17) is 21.4 Å². The zero-order valence-electron chi connectivity index (χ0n) is 18.6. The fraction of sp³-hybridized carbons (Fsp3) is 0.192. The monoisotopic (exact) mass is 463 g/mol. The number of allylic oxidation sites excluding steroid dienone is 4. The summed E-state index contributed by atoms with van der Waals surface area (Å²) < 4.78 is 5.63. The third-order valence-corrected chi connectivity index (χ3v) is 5.01. The van der Waals surface area contributed by atoms with E-state index in [0.29, 0.717) is 16.1 Å². The second-order valence-corrected chi connectivity index (χ2v) is 7.59. The molecule has 1 aromatic heterocycles. The van der Waals surface area contributed by atoms with Crippen molar-refractivity contribution in [2.45, 2.75) is 33.1 Å². The van der Waals surface area contributed by atoms with Crippen molar-refractivity contribution >= 4 is 34.8 Å². The summed E-state index contributed by atoms with van der Waals surface area (Å²) in [6.45, 7) is 3.83. The summed E-state index contributed by atoms with van der Waals surface area (Å²) >= 11 is 6.55. The van der Waals surface area contributed by atoms with Crippen LogP contribution in [0.3, 0.4) is 0 Å². The normalized spacial score (nSPS) is 12.5. The van der Waals surface area contributed by atoms with E-state index in [1.807, 2.05) is 18.2 Å². The summed E-state index contributed by atoms with van der Waals surface area (Å²) in [4.78, 5) is 22.4. The lowest BCUT2D eigenvalue weighted by Gasteiger charge is -2.06. The second-order valence-electron chi connectivity index (χ2n) is 7.19. The number of nitrogens with zero attached hydrogens (tertiary/aromatic N) is 2. The van der Waals surface area contributed by atoms with E-state index in [1.165, 1.54) is 17.9 Å². The molecule has 33 heavy (non-hydrogen) atoms. The molecule has 0 saturated carbocycles. The van der Waals surface area contributed by atoms with Crippen LogP contribution in [-0.4, -0.2) is 27.3 Å². The molecule has 1 heterocycles. The van der Waals surface area contributed by atoms with E-state index in [9.17, 15) is 4.79 Å². The molecule has 7 heteroatoms. The largest absolute Gasteiger partial charge is 0.481 e. The van der Waals surface area contributed by atoms with Gasteiger partial charge in [0.2, 0.25) is 5.88 Å². The molecule has 3 rings (SSSR count). The van der Waals surface area contributed by atoms with Gasteiger partial charge in [0.25, 0.3) is 0 Å². The van der Waals surface area contributed by atoms with E-state index in [-0.39, 0.29) is 18.3 Å². The Hall–Kier alpha value is -3.64. The molecule has 170 valence electrons. The lowest BCUT2D eigenvalue weighted by atomic mass is 10.0. The highest BCUT2D eigenvalue weighted by Gasteiger charge is 2.12. The Kier molecular flexibility index (Phi) is 8.61. The molecule has 0 bridgehead atoms. The Balaban J connectivity index is 1.80. The molecule has 3 aromatic rings. The number of rotatable bonds is 10. The SMILES string of the molecule is C/C=N\C(=C/CC(=O)O)Oc1nc2cc(-c3ccc(C/C=C\C=C/CC)cc3)c(Cl)cc2[nH]1. The zero-order chi connectivity index (χ0) is 23.6. The van der Waals surface area contributed by atoms with Crippen LogP contribution in [-0.2, 0) is 11.2 Å². The smallest absolute Gasteiger partial charge is 0.307 e. The molecular formula is C26H26ClN3O3. The Morgan fingerprint density at radius 1 is 1.21 bits per heavy atom. The molecule has 6 nitrogen and oxygen atoms in total. The fourth-order valence-corrected chi connectivity index (χ4v) is 3.39. The highest BCUT2D eigenvalue weighted by molar-refractivity contribution is 6.34. The van der Waals surface area contributed by atoms with E-state index in [1.54, 1.807) is 13.0 Å². The zero-order valence-corrected chi connectivity index (χ0v) is 19.3. The predicted octanol–water partition coefficient (Wildman–Crippen LogP) is 6.73. The first-order chi connectivity index (χ1) is 16.0. The number of benzene rings is 2. The number of fused-ring (bicyclic) bond motifs is 1. The molecule has 2 N–H and O–H groups in total. The Bertz CT molecular complexity index is 1220. The number of aromatic amines is 1. The Labute approximate surface area is 198 Å². The summed E-state index contributed by atoms with van der Waals surface area (Å²) in [5, 5.41) is 9.46.